The first-order chi connectivity index (χ1) is 10.2. The molecule has 0 unspecified atom stereocenters. The summed E-state index contributed by atoms with van der Waals surface area (Å²) in [6, 6.07) is 6.36. The van der Waals surface area contributed by atoms with Crippen molar-refractivity contribution >= 4 is 33.4 Å². The molecule has 21 heavy (non-hydrogen) atoms. The van der Waals surface area contributed by atoms with Crippen molar-refractivity contribution in [3.8, 4) is 5.75 Å². The summed E-state index contributed by atoms with van der Waals surface area (Å²) < 4.78 is 19.3. The highest BCUT2D eigenvalue weighted by Crippen LogP contribution is 2.32. The monoisotopic (exact) mass is 326 g/mol. The lowest BCUT2D eigenvalue weighted by Crippen LogP contribution is -2.23. The topological polar surface area (TPSA) is 44.1 Å². The van der Waals surface area contributed by atoms with Crippen LogP contribution >= 0.6 is 11.6 Å². The van der Waals surface area contributed by atoms with Gasteiger partial charge in [0.25, 0.3) is 0 Å². The summed E-state index contributed by atoms with van der Waals surface area (Å²) in [6.07, 6.45) is 2.61. The fourth-order valence-electron chi connectivity index (χ4n) is 3.01. The first-order valence-corrected chi connectivity index (χ1v) is 9.21. The van der Waals surface area contributed by atoms with E-state index in [9.17, 15) is 4.21 Å². The summed E-state index contributed by atoms with van der Waals surface area (Å²) >= 11 is 5.94. The molecule has 1 aliphatic rings. The highest BCUT2D eigenvalue weighted by atomic mass is 35.5. The molecule has 2 aromatic rings. The molecular formula is C15H19ClN2O2S. The van der Waals surface area contributed by atoms with Crippen LogP contribution in [0.5, 0.6) is 5.75 Å². The predicted molar refractivity (Wildman–Crippen MR) is 86.9 cm³/mol. The zero-order valence-electron chi connectivity index (χ0n) is 12.0. The molecule has 0 N–H and O–H groups in total. The van der Waals surface area contributed by atoms with Gasteiger partial charge in [-0.2, -0.15) is 0 Å². The van der Waals surface area contributed by atoms with Gasteiger partial charge in [0.2, 0.25) is 0 Å². The van der Waals surface area contributed by atoms with Crippen molar-refractivity contribution in [3.05, 3.63) is 24.0 Å². The van der Waals surface area contributed by atoms with Crippen LogP contribution in [-0.4, -0.2) is 38.3 Å². The molecule has 6 heteroatoms. The number of alkyl halides is 1. The number of methoxy groups -OCH3 is 1. The molecule has 1 fully saturated rings. The Morgan fingerprint density at radius 3 is 2.86 bits per heavy atom. The molecule has 4 nitrogen and oxygen atoms in total. The molecular weight excluding hydrogens is 308 g/mol. The molecule has 1 aromatic carbocycles. The molecule has 0 spiro atoms. The van der Waals surface area contributed by atoms with Gasteiger partial charge in [-0.1, -0.05) is 6.07 Å². The predicted octanol–water partition coefficient (Wildman–Crippen LogP) is 2.91. The summed E-state index contributed by atoms with van der Waals surface area (Å²) in [5.74, 6) is 3.89. The minimum absolute atomic E-state index is 0.359. The standard InChI is InChI=1S/C15H19ClN2O2S/c1-20-13-4-2-3-12-15(13)17-14(5-8-16)18(12)11-6-9-21(19)10-7-11/h2-4,11H,5-10H2,1H3. The van der Waals surface area contributed by atoms with E-state index in [0.29, 0.717) is 11.9 Å². The van der Waals surface area contributed by atoms with Gasteiger partial charge >= 0.3 is 0 Å². The van der Waals surface area contributed by atoms with Gasteiger partial charge in [0, 0.05) is 40.6 Å². The molecule has 0 radical (unpaired) electrons. The van der Waals surface area contributed by atoms with Crippen LogP contribution in [0.3, 0.4) is 0 Å². The summed E-state index contributed by atoms with van der Waals surface area (Å²) in [5.41, 5.74) is 1.99. The third-order valence-electron chi connectivity index (χ3n) is 4.02. The minimum Gasteiger partial charge on any atom is -0.494 e. The van der Waals surface area contributed by atoms with Gasteiger partial charge in [0.05, 0.1) is 12.6 Å². The van der Waals surface area contributed by atoms with Crippen LogP contribution in [0, 0.1) is 0 Å². The Hall–Kier alpha value is -1.07. The van der Waals surface area contributed by atoms with Crippen molar-refractivity contribution in [2.75, 3.05) is 24.5 Å². The van der Waals surface area contributed by atoms with E-state index in [-0.39, 0.29) is 0 Å². The number of halogens is 1. The fourth-order valence-corrected chi connectivity index (χ4v) is 4.46. The van der Waals surface area contributed by atoms with Crippen molar-refractivity contribution in [1.82, 2.24) is 9.55 Å². The first-order valence-electron chi connectivity index (χ1n) is 7.19. The van der Waals surface area contributed by atoms with Crippen LogP contribution in [0.25, 0.3) is 11.0 Å². The van der Waals surface area contributed by atoms with E-state index in [1.165, 1.54) is 0 Å². The molecule has 3 rings (SSSR count). The van der Waals surface area contributed by atoms with Gasteiger partial charge in [-0.25, -0.2) is 4.98 Å². The molecule has 0 aliphatic carbocycles. The number of imidazole rings is 1. The van der Waals surface area contributed by atoms with E-state index in [2.05, 4.69) is 10.6 Å². The van der Waals surface area contributed by atoms with Crippen LogP contribution in [-0.2, 0) is 17.2 Å². The quantitative estimate of drug-likeness (QED) is 0.811. The van der Waals surface area contributed by atoms with Gasteiger partial charge in [0.15, 0.2) is 0 Å². The molecule has 0 bridgehead atoms. The average molecular weight is 327 g/mol. The second-order valence-corrected chi connectivity index (χ2v) is 7.32. The largest absolute Gasteiger partial charge is 0.494 e. The zero-order chi connectivity index (χ0) is 14.8. The molecule has 0 saturated carbocycles. The molecule has 1 saturated heterocycles. The van der Waals surface area contributed by atoms with Gasteiger partial charge in [-0.05, 0) is 25.0 Å². The number of hydrogen-bond donors (Lipinski definition) is 0. The summed E-state index contributed by atoms with van der Waals surface area (Å²) in [4.78, 5) is 4.75. The van der Waals surface area contributed by atoms with E-state index in [1.807, 2.05) is 12.1 Å². The normalized spacial score (nSPS) is 22.6. The number of fused-ring (bicyclic) bond motifs is 1. The number of para-hydroxylation sites is 1. The lowest BCUT2D eigenvalue weighted by Gasteiger charge is -2.25. The zero-order valence-corrected chi connectivity index (χ0v) is 13.6. The van der Waals surface area contributed by atoms with E-state index in [4.69, 9.17) is 21.3 Å². The third-order valence-corrected chi connectivity index (χ3v) is 5.59. The lowest BCUT2D eigenvalue weighted by molar-refractivity contribution is 0.419. The molecule has 2 heterocycles. The van der Waals surface area contributed by atoms with Crippen molar-refractivity contribution in [1.29, 1.82) is 0 Å². The Morgan fingerprint density at radius 2 is 2.19 bits per heavy atom. The van der Waals surface area contributed by atoms with Crippen LogP contribution in [0.2, 0.25) is 0 Å². The smallest absolute Gasteiger partial charge is 0.146 e. The molecule has 0 amide bonds. The number of ether oxygens (including phenoxy) is 1. The summed E-state index contributed by atoms with van der Waals surface area (Å²) in [7, 11) is 1.01. The van der Waals surface area contributed by atoms with Gasteiger partial charge in [-0.15, -0.1) is 11.6 Å². The average Bonchev–Trinajstić information content (AvgIpc) is 2.86. The van der Waals surface area contributed by atoms with Gasteiger partial charge in [-0.3, -0.25) is 4.21 Å². The number of aryl methyl sites for hydroxylation is 1. The van der Waals surface area contributed by atoms with E-state index in [0.717, 1.165) is 53.4 Å². The molecule has 0 atom stereocenters. The number of hydrogen-bond acceptors (Lipinski definition) is 3. The summed E-state index contributed by atoms with van der Waals surface area (Å²) in [5, 5.41) is 0. The Morgan fingerprint density at radius 1 is 1.43 bits per heavy atom. The van der Waals surface area contributed by atoms with E-state index >= 15 is 0 Å². The minimum atomic E-state index is -0.657. The second kappa shape index (κ2) is 6.36. The molecule has 1 aromatic heterocycles. The Balaban J connectivity index is 2.10. The van der Waals surface area contributed by atoms with Gasteiger partial charge < -0.3 is 9.30 Å². The van der Waals surface area contributed by atoms with Crippen molar-refractivity contribution < 1.29 is 8.95 Å². The Bertz CT molecular complexity index is 661. The molecule has 114 valence electrons. The lowest BCUT2D eigenvalue weighted by atomic mass is 10.1. The maximum atomic E-state index is 11.6. The number of benzene rings is 1. The Kier molecular flexibility index (Phi) is 4.50. The highest BCUT2D eigenvalue weighted by Gasteiger charge is 2.24. The second-order valence-electron chi connectivity index (χ2n) is 5.24. The van der Waals surface area contributed by atoms with Crippen molar-refractivity contribution in [2.45, 2.75) is 25.3 Å². The van der Waals surface area contributed by atoms with Crippen LogP contribution < -0.4 is 4.74 Å². The third kappa shape index (κ3) is 2.81. The Labute approximate surface area is 131 Å². The molecule has 1 aliphatic heterocycles. The summed E-state index contributed by atoms with van der Waals surface area (Å²) in [6.45, 7) is 0. The SMILES string of the molecule is COc1cccc2c1nc(CCCl)n2C1CCS(=O)CC1. The number of rotatable bonds is 4. The van der Waals surface area contributed by atoms with Crippen LogP contribution in [0.15, 0.2) is 18.2 Å². The van der Waals surface area contributed by atoms with Gasteiger partial charge in [0.1, 0.15) is 17.1 Å². The van der Waals surface area contributed by atoms with Crippen LogP contribution in [0.1, 0.15) is 24.7 Å². The first kappa shape index (κ1) is 14.9. The van der Waals surface area contributed by atoms with Crippen molar-refractivity contribution in [3.63, 3.8) is 0 Å². The van der Waals surface area contributed by atoms with E-state index < -0.39 is 10.8 Å². The number of nitrogens with zero attached hydrogens (tertiary/aromatic N) is 2. The fraction of sp³-hybridized carbons (Fsp3) is 0.533. The van der Waals surface area contributed by atoms with Crippen LogP contribution in [0.4, 0.5) is 0 Å². The maximum absolute atomic E-state index is 11.6. The highest BCUT2D eigenvalue weighted by molar-refractivity contribution is 7.85. The number of aromatic nitrogens is 2. The van der Waals surface area contributed by atoms with Crippen molar-refractivity contribution in [2.24, 2.45) is 0 Å². The maximum Gasteiger partial charge on any atom is 0.146 e. The van der Waals surface area contributed by atoms with E-state index in [1.54, 1.807) is 7.11 Å².